The van der Waals surface area contributed by atoms with Crippen LogP contribution in [0, 0.1) is 0 Å². The maximum atomic E-state index is 12.6. The molecule has 0 radical (unpaired) electrons. The van der Waals surface area contributed by atoms with Crippen molar-refractivity contribution in [2.45, 2.75) is 32.3 Å². The molecule has 0 unspecified atom stereocenters. The van der Waals surface area contributed by atoms with E-state index in [-0.39, 0.29) is 5.56 Å². The molecule has 4 aromatic rings. The number of aromatic nitrogens is 3. The van der Waals surface area contributed by atoms with Crippen molar-refractivity contribution in [2.24, 2.45) is 0 Å². The normalized spacial score (nSPS) is 13.4. The molecule has 1 aromatic carbocycles. The standard InChI is InChI=1S/C23H21N3O2/c27-23-15-19(28-16-17-6-2-1-3-7-17)11-13-25(23)18-10-12-26-21-9-5-4-8-20(21)24-22(26)14-18/h1-3,6-7,10-15H,4-5,8-9,16H2. The molecular formula is C23H21N3O2. The van der Waals surface area contributed by atoms with Crippen LogP contribution in [0.2, 0.25) is 0 Å². The number of nitrogens with zero attached hydrogens (tertiary/aromatic N) is 3. The largest absolute Gasteiger partial charge is 0.489 e. The average Bonchev–Trinajstić information content (AvgIpc) is 3.11. The van der Waals surface area contributed by atoms with Crippen LogP contribution in [-0.2, 0) is 19.4 Å². The molecule has 0 atom stereocenters. The summed E-state index contributed by atoms with van der Waals surface area (Å²) in [6.07, 6.45) is 8.31. The molecule has 0 bridgehead atoms. The maximum absolute atomic E-state index is 12.6. The Balaban J connectivity index is 1.42. The summed E-state index contributed by atoms with van der Waals surface area (Å²) >= 11 is 0. The van der Waals surface area contributed by atoms with Crippen molar-refractivity contribution < 1.29 is 4.74 Å². The SMILES string of the molecule is O=c1cc(OCc2ccccc2)ccn1-c1ccn2c3c(nc2c1)CCCC3. The Kier molecular flexibility index (Phi) is 4.20. The Labute approximate surface area is 162 Å². The van der Waals surface area contributed by atoms with Crippen LogP contribution in [0.25, 0.3) is 11.3 Å². The Morgan fingerprint density at radius 3 is 2.68 bits per heavy atom. The number of hydrogen-bond donors (Lipinski definition) is 0. The molecule has 0 amide bonds. The van der Waals surface area contributed by atoms with Gasteiger partial charge in [-0.25, -0.2) is 4.98 Å². The van der Waals surface area contributed by atoms with Gasteiger partial charge >= 0.3 is 0 Å². The van der Waals surface area contributed by atoms with Gasteiger partial charge in [-0.05, 0) is 43.4 Å². The van der Waals surface area contributed by atoms with Crippen LogP contribution >= 0.6 is 0 Å². The maximum Gasteiger partial charge on any atom is 0.258 e. The molecule has 5 rings (SSSR count). The highest BCUT2D eigenvalue weighted by Gasteiger charge is 2.16. The lowest BCUT2D eigenvalue weighted by Crippen LogP contribution is -2.17. The fourth-order valence-electron chi connectivity index (χ4n) is 3.84. The van der Waals surface area contributed by atoms with E-state index >= 15 is 0 Å². The zero-order valence-electron chi connectivity index (χ0n) is 15.5. The van der Waals surface area contributed by atoms with Gasteiger partial charge in [0.25, 0.3) is 5.56 Å². The van der Waals surface area contributed by atoms with Crippen molar-refractivity contribution in [3.63, 3.8) is 0 Å². The summed E-state index contributed by atoms with van der Waals surface area (Å²) in [5, 5.41) is 0. The van der Waals surface area contributed by atoms with Gasteiger partial charge in [0, 0.05) is 30.2 Å². The molecule has 3 aromatic heterocycles. The van der Waals surface area contributed by atoms with Gasteiger partial charge in [0.15, 0.2) is 0 Å². The summed E-state index contributed by atoms with van der Waals surface area (Å²) in [6.45, 7) is 0.440. The fraction of sp³-hybridized carbons (Fsp3) is 0.217. The third-order valence-corrected chi connectivity index (χ3v) is 5.29. The van der Waals surface area contributed by atoms with Crippen LogP contribution in [0.4, 0.5) is 0 Å². The minimum Gasteiger partial charge on any atom is -0.489 e. The molecule has 0 spiro atoms. The Hall–Kier alpha value is -3.34. The van der Waals surface area contributed by atoms with Gasteiger partial charge in [-0.2, -0.15) is 0 Å². The lowest BCUT2D eigenvalue weighted by molar-refractivity contribution is 0.305. The first-order valence-corrected chi connectivity index (χ1v) is 9.68. The smallest absolute Gasteiger partial charge is 0.258 e. The van der Waals surface area contributed by atoms with Crippen LogP contribution in [-0.4, -0.2) is 14.0 Å². The van der Waals surface area contributed by atoms with Crippen LogP contribution in [0.1, 0.15) is 29.8 Å². The second kappa shape index (κ2) is 7.00. The molecular weight excluding hydrogens is 350 g/mol. The first-order valence-electron chi connectivity index (χ1n) is 9.68. The van der Waals surface area contributed by atoms with Crippen molar-refractivity contribution >= 4 is 5.65 Å². The monoisotopic (exact) mass is 371 g/mol. The fourth-order valence-corrected chi connectivity index (χ4v) is 3.84. The number of pyridine rings is 2. The predicted molar refractivity (Wildman–Crippen MR) is 108 cm³/mol. The molecule has 3 heterocycles. The molecule has 0 aliphatic heterocycles. The van der Waals surface area contributed by atoms with Gasteiger partial charge in [0.05, 0.1) is 11.4 Å². The van der Waals surface area contributed by atoms with Crippen molar-refractivity contribution in [1.82, 2.24) is 14.0 Å². The molecule has 0 fully saturated rings. The van der Waals surface area contributed by atoms with Gasteiger partial charge < -0.3 is 9.14 Å². The number of hydrogen-bond acceptors (Lipinski definition) is 3. The Morgan fingerprint density at radius 1 is 0.964 bits per heavy atom. The summed E-state index contributed by atoms with van der Waals surface area (Å²) < 4.78 is 9.54. The first-order chi connectivity index (χ1) is 13.8. The van der Waals surface area contributed by atoms with E-state index in [1.54, 1.807) is 10.8 Å². The second-order valence-electron chi connectivity index (χ2n) is 7.17. The van der Waals surface area contributed by atoms with Crippen molar-refractivity contribution in [1.29, 1.82) is 0 Å². The summed E-state index contributed by atoms with van der Waals surface area (Å²) in [5.74, 6) is 0.572. The molecule has 1 aliphatic rings. The molecule has 0 N–H and O–H groups in total. The highest BCUT2D eigenvalue weighted by atomic mass is 16.5. The highest BCUT2D eigenvalue weighted by molar-refractivity contribution is 5.51. The van der Waals surface area contributed by atoms with Crippen molar-refractivity contribution in [2.75, 3.05) is 0 Å². The quantitative estimate of drug-likeness (QED) is 0.546. The van der Waals surface area contributed by atoms with Gasteiger partial charge in [0.2, 0.25) is 0 Å². The lowest BCUT2D eigenvalue weighted by atomic mass is 10.0. The molecule has 0 saturated heterocycles. The lowest BCUT2D eigenvalue weighted by Gasteiger charge is -2.11. The Bertz CT molecular complexity index is 1190. The molecule has 140 valence electrons. The molecule has 5 nitrogen and oxygen atoms in total. The van der Waals surface area contributed by atoms with E-state index in [9.17, 15) is 4.79 Å². The van der Waals surface area contributed by atoms with Crippen molar-refractivity contribution in [3.8, 4) is 11.4 Å². The summed E-state index contributed by atoms with van der Waals surface area (Å²) in [4.78, 5) is 17.4. The van der Waals surface area contributed by atoms with Gasteiger partial charge in [-0.3, -0.25) is 9.36 Å². The third-order valence-electron chi connectivity index (χ3n) is 5.29. The zero-order chi connectivity index (χ0) is 18.9. The number of imidazole rings is 1. The van der Waals surface area contributed by atoms with Crippen LogP contribution < -0.4 is 10.3 Å². The highest BCUT2D eigenvalue weighted by Crippen LogP contribution is 2.23. The average molecular weight is 371 g/mol. The number of benzene rings is 1. The molecule has 28 heavy (non-hydrogen) atoms. The minimum atomic E-state index is -0.119. The summed E-state index contributed by atoms with van der Waals surface area (Å²) in [7, 11) is 0. The number of fused-ring (bicyclic) bond motifs is 3. The topological polar surface area (TPSA) is 48.5 Å². The molecule has 0 saturated carbocycles. The number of aryl methyl sites for hydroxylation is 2. The first kappa shape index (κ1) is 16.8. The van der Waals surface area contributed by atoms with E-state index in [2.05, 4.69) is 4.40 Å². The second-order valence-corrected chi connectivity index (χ2v) is 7.17. The van der Waals surface area contributed by atoms with Crippen LogP contribution in [0.15, 0.2) is 71.8 Å². The third kappa shape index (κ3) is 3.09. The molecule has 1 aliphatic carbocycles. The minimum absolute atomic E-state index is 0.119. The zero-order valence-corrected chi connectivity index (χ0v) is 15.5. The van der Waals surface area contributed by atoms with Gasteiger partial charge in [-0.1, -0.05) is 30.3 Å². The van der Waals surface area contributed by atoms with Crippen LogP contribution in [0.5, 0.6) is 5.75 Å². The van der Waals surface area contributed by atoms with E-state index in [0.717, 1.165) is 29.7 Å². The van der Waals surface area contributed by atoms with E-state index < -0.39 is 0 Å². The van der Waals surface area contributed by atoms with E-state index in [4.69, 9.17) is 9.72 Å². The van der Waals surface area contributed by atoms with E-state index in [1.165, 1.54) is 30.3 Å². The summed E-state index contributed by atoms with van der Waals surface area (Å²) in [5.41, 5.74) is 5.17. The van der Waals surface area contributed by atoms with Gasteiger partial charge in [0.1, 0.15) is 18.0 Å². The van der Waals surface area contributed by atoms with E-state index in [0.29, 0.717) is 12.4 Å². The summed E-state index contributed by atoms with van der Waals surface area (Å²) in [6, 6.07) is 17.2. The number of rotatable bonds is 4. The number of ether oxygens (including phenoxy) is 1. The van der Waals surface area contributed by atoms with Crippen molar-refractivity contribution in [3.05, 3.63) is 94.3 Å². The Morgan fingerprint density at radius 2 is 1.82 bits per heavy atom. The molecule has 5 heteroatoms. The van der Waals surface area contributed by atoms with E-state index in [1.807, 2.05) is 54.7 Å². The van der Waals surface area contributed by atoms with Gasteiger partial charge in [-0.15, -0.1) is 0 Å². The predicted octanol–water partition coefficient (Wildman–Crippen LogP) is 3.94. The van der Waals surface area contributed by atoms with Crippen LogP contribution in [0.3, 0.4) is 0 Å².